The molecule has 0 aliphatic carbocycles. The van der Waals surface area contributed by atoms with Gasteiger partial charge in [-0.1, -0.05) is 37.3 Å². The number of fused-ring (bicyclic) bond motifs is 1. The molecule has 6 heteroatoms. The molecule has 0 heterocycles. The van der Waals surface area contributed by atoms with Crippen molar-refractivity contribution in [1.82, 2.24) is 4.72 Å². The Bertz CT molecular complexity index is 1030. The molecule has 0 atom stereocenters. The topological polar surface area (TPSA) is 64.6 Å². The number of sulfonamides is 1. The van der Waals surface area contributed by atoms with E-state index in [1.807, 2.05) is 49.4 Å². The Morgan fingerprint density at radius 3 is 2.48 bits per heavy atom. The minimum absolute atomic E-state index is 0.183. The van der Waals surface area contributed by atoms with E-state index in [0.29, 0.717) is 17.9 Å². The number of aryl methyl sites for hydroxylation is 1. The van der Waals surface area contributed by atoms with Gasteiger partial charge in [-0.25, -0.2) is 13.1 Å². The van der Waals surface area contributed by atoms with E-state index in [4.69, 9.17) is 9.47 Å². The highest BCUT2D eigenvalue weighted by atomic mass is 32.2. The summed E-state index contributed by atoms with van der Waals surface area (Å²) in [6.45, 7) is 2.39. The maximum atomic E-state index is 12.5. The lowest BCUT2D eigenvalue weighted by atomic mass is 10.1. The van der Waals surface area contributed by atoms with Gasteiger partial charge in [-0.2, -0.15) is 0 Å². The third-order valence-corrected chi connectivity index (χ3v) is 5.79. The van der Waals surface area contributed by atoms with E-state index in [2.05, 4.69) is 4.72 Å². The Morgan fingerprint density at radius 1 is 0.963 bits per heavy atom. The fourth-order valence-electron chi connectivity index (χ4n) is 2.88. The number of rotatable bonds is 8. The van der Waals surface area contributed by atoms with E-state index in [0.717, 1.165) is 16.3 Å². The first-order valence-corrected chi connectivity index (χ1v) is 10.3. The van der Waals surface area contributed by atoms with Gasteiger partial charge in [0.1, 0.15) is 18.1 Å². The second-order valence-corrected chi connectivity index (χ2v) is 7.85. The van der Waals surface area contributed by atoms with Crippen LogP contribution in [-0.2, 0) is 16.4 Å². The highest BCUT2D eigenvalue weighted by Crippen LogP contribution is 2.23. The first-order valence-electron chi connectivity index (χ1n) is 8.81. The lowest BCUT2D eigenvalue weighted by Crippen LogP contribution is -2.28. The van der Waals surface area contributed by atoms with E-state index in [-0.39, 0.29) is 18.0 Å². The maximum absolute atomic E-state index is 12.5. The van der Waals surface area contributed by atoms with Crippen molar-refractivity contribution in [3.63, 3.8) is 0 Å². The Kier molecular flexibility index (Phi) is 5.98. The molecule has 0 spiro atoms. The number of hydrogen-bond acceptors (Lipinski definition) is 4. The molecular weight excluding hydrogens is 362 g/mol. The molecule has 0 aliphatic heterocycles. The Hall–Kier alpha value is -2.57. The first-order chi connectivity index (χ1) is 13.0. The molecule has 0 aliphatic rings. The highest BCUT2D eigenvalue weighted by Gasteiger charge is 2.15. The van der Waals surface area contributed by atoms with Crippen LogP contribution >= 0.6 is 0 Å². The monoisotopic (exact) mass is 385 g/mol. The summed E-state index contributed by atoms with van der Waals surface area (Å²) in [5, 5.41) is 2.22. The summed E-state index contributed by atoms with van der Waals surface area (Å²) in [7, 11) is -2.02. The molecule has 0 unspecified atom stereocenters. The fraction of sp³-hybridized carbons (Fsp3) is 0.238. The predicted molar refractivity (Wildman–Crippen MR) is 107 cm³/mol. The zero-order chi connectivity index (χ0) is 19.3. The van der Waals surface area contributed by atoms with Gasteiger partial charge in [-0.05, 0) is 53.1 Å². The second kappa shape index (κ2) is 8.41. The average molecular weight is 385 g/mol. The predicted octanol–water partition coefficient (Wildman–Crippen LogP) is 3.77. The molecule has 142 valence electrons. The summed E-state index contributed by atoms with van der Waals surface area (Å²) < 4.78 is 38.5. The molecule has 3 aromatic carbocycles. The molecule has 0 saturated heterocycles. The van der Waals surface area contributed by atoms with Crippen LogP contribution < -0.4 is 14.2 Å². The summed E-state index contributed by atoms with van der Waals surface area (Å²) in [5.74, 6) is 1.40. The molecule has 0 aromatic heterocycles. The largest absolute Gasteiger partial charge is 0.496 e. The van der Waals surface area contributed by atoms with Gasteiger partial charge in [-0.3, -0.25) is 0 Å². The van der Waals surface area contributed by atoms with E-state index >= 15 is 0 Å². The van der Waals surface area contributed by atoms with Crippen molar-refractivity contribution >= 4 is 20.8 Å². The van der Waals surface area contributed by atoms with E-state index < -0.39 is 10.0 Å². The summed E-state index contributed by atoms with van der Waals surface area (Å²) in [5.41, 5.74) is 0.854. The van der Waals surface area contributed by atoms with Gasteiger partial charge < -0.3 is 9.47 Å². The van der Waals surface area contributed by atoms with Crippen molar-refractivity contribution in [2.24, 2.45) is 0 Å². The third kappa shape index (κ3) is 4.59. The molecule has 0 bridgehead atoms. The van der Waals surface area contributed by atoms with Crippen molar-refractivity contribution in [2.75, 3.05) is 20.3 Å². The molecule has 5 nitrogen and oxygen atoms in total. The van der Waals surface area contributed by atoms with Crippen molar-refractivity contribution in [3.05, 3.63) is 66.2 Å². The molecule has 0 fully saturated rings. The van der Waals surface area contributed by atoms with Crippen molar-refractivity contribution in [3.8, 4) is 11.5 Å². The fourth-order valence-corrected chi connectivity index (χ4v) is 3.95. The van der Waals surface area contributed by atoms with E-state index in [9.17, 15) is 8.42 Å². The SMILES string of the molecule is CCc1cc(S(=O)(=O)NCCOc2ccc3ccccc3c2)ccc1OC. The zero-order valence-electron chi connectivity index (χ0n) is 15.4. The van der Waals surface area contributed by atoms with Gasteiger partial charge in [0.2, 0.25) is 10.0 Å². The summed E-state index contributed by atoms with van der Waals surface area (Å²) in [4.78, 5) is 0.228. The molecule has 0 amide bonds. The van der Waals surface area contributed by atoms with Crippen molar-refractivity contribution in [2.45, 2.75) is 18.2 Å². The van der Waals surface area contributed by atoms with Crippen LogP contribution in [0.4, 0.5) is 0 Å². The molecule has 3 rings (SSSR count). The summed E-state index contributed by atoms with van der Waals surface area (Å²) in [6.07, 6.45) is 0.692. The Labute approximate surface area is 160 Å². The van der Waals surface area contributed by atoms with Crippen molar-refractivity contribution < 1.29 is 17.9 Å². The van der Waals surface area contributed by atoms with Gasteiger partial charge in [-0.15, -0.1) is 0 Å². The Morgan fingerprint density at radius 2 is 1.74 bits per heavy atom. The van der Waals surface area contributed by atoms with Crippen LogP contribution in [0.3, 0.4) is 0 Å². The zero-order valence-corrected chi connectivity index (χ0v) is 16.3. The average Bonchev–Trinajstić information content (AvgIpc) is 2.70. The number of ether oxygens (including phenoxy) is 2. The third-order valence-electron chi connectivity index (χ3n) is 4.33. The van der Waals surface area contributed by atoms with E-state index in [1.54, 1.807) is 25.3 Å². The molecular formula is C21H23NO4S. The molecule has 27 heavy (non-hydrogen) atoms. The lowest BCUT2D eigenvalue weighted by Gasteiger charge is -2.11. The molecule has 0 radical (unpaired) electrons. The molecule has 1 N–H and O–H groups in total. The smallest absolute Gasteiger partial charge is 0.240 e. The second-order valence-electron chi connectivity index (χ2n) is 6.08. The molecule has 3 aromatic rings. The van der Waals surface area contributed by atoms with Crippen LogP contribution in [0.15, 0.2) is 65.6 Å². The first kappa shape index (κ1) is 19.2. The Balaban J connectivity index is 1.60. The number of benzene rings is 3. The summed E-state index contributed by atoms with van der Waals surface area (Å²) in [6, 6.07) is 18.7. The minimum Gasteiger partial charge on any atom is -0.496 e. The van der Waals surface area contributed by atoms with Gasteiger partial charge >= 0.3 is 0 Å². The number of methoxy groups -OCH3 is 1. The van der Waals surface area contributed by atoms with Crippen LogP contribution in [0.25, 0.3) is 10.8 Å². The maximum Gasteiger partial charge on any atom is 0.240 e. The van der Waals surface area contributed by atoms with E-state index in [1.165, 1.54) is 0 Å². The van der Waals surface area contributed by atoms with Gasteiger partial charge in [0.25, 0.3) is 0 Å². The van der Waals surface area contributed by atoms with Crippen LogP contribution in [0.2, 0.25) is 0 Å². The highest BCUT2D eigenvalue weighted by molar-refractivity contribution is 7.89. The normalized spacial score (nSPS) is 11.5. The van der Waals surface area contributed by atoms with Crippen LogP contribution in [0.5, 0.6) is 11.5 Å². The number of hydrogen-bond donors (Lipinski definition) is 1. The molecule has 0 saturated carbocycles. The summed E-state index contributed by atoms with van der Waals surface area (Å²) >= 11 is 0. The van der Waals surface area contributed by atoms with Crippen LogP contribution in [0, 0.1) is 0 Å². The number of nitrogens with one attached hydrogen (secondary N) is 1. The van der Waals surface area contributed by atoms with Gasteiger partial charge in [0, 0.05) is 6.54 Å². The van der Waals surface area contributed by atoms with Crippen molar-refractivity contribution in [1.29, 1.82) is 0 Å². The van der Waals surface area contributed by atoms with Crippen LogP contribution in [-0.4, -0.2) is 28.7 Å². The van der Waals surface area contributed by atoms with Gasteiger partial charge in [0.05, 0.1) is 12.0 Å². The quantitative estimate of drug-likeness (QED) is 0.600. The standard InChI is InChI=1S/C21H23NO4S/c1-3-16-15-20(10-11-21(16)25-2)27(23,24)22-12-13-26-19-9-8-17-6-4-5-7-18(17)14-19/h4-11,14-15,22H,3,12-13H2,1-2H3. The van der Waals surface area contributed by atoms with Gasteiger partial charge in [0.15, 0.2) is 0 Å². The minimum atomic E-state index is -3.59. The lowest BCUT2D eigenvalue weighted by molar-refractivity contribution is 0.323. The van der Waals surface area contributed by atoms with Crippen LogP contribution in [0.1, 0.15) is 12.5 Å².